The molecule has 1 aliphatic heterocycles. The van der Waals surface area contributed by atoms with Crippen LogP contribution in [0.4, 0.5) is 0 Å². The smallest absolute Gasteiger partial charge is 0.336 e. The number of methoxy groups -OCH3 is 1. The van der Waals surface area contributed by atoms with Gasteiger partial charge in [-0.1, -0.05) is 19.8 Å². The monoisotopic (exact) mass is 477 g/mol. The first-order valence-electron chi connectivity index (χ1n) is 10.4. The zero-order chi connectivity index (χ0) is 21.8. The minimum Gasteiger partial charge on any atom is -0.503 e. The molecule has 1 aliphatic carbocycles. The zero-order valence-corrected chi connectivity index (χ0v) is 19.2. The Balaban J connectivity index is 2.08. The van der Waals surface area contributed by atoms with E-state index >= 15 is 0 Å². The molecule has 30 heavy (non-hydrogen) atoms. The van der Waals surface area contributed by atoms with Crippen LogP contribution in [0, 0.1) is 0 Å². The molecule has 2 aliphatic rings. The van der Waals surface area contributed by atoms with Crippen LogP contribution in [-0.4, -0.2) is 30.6 Å². The SMILES string of the molecule is CCCCCOC(=O)C1=C(C)NC2=C(C(=O)CCC2)[C@H]1c1cc(Br)c(O)c(OC)c1. The number of halogens is 1. The minimum atomic E-state index is -0.571. The van der Waals surface area contributed by atoms with Crippen molar-refractivity contribution in [1.82, 2.24) is 5.32 Å². The van der Waals surface area contributed by atoms with E-state index < -0.39 is 11.9 Å². The standard InChI is InChI=1S/C23H28BrNO5/c1-4-5-6-10-30-23(28)19-13(2)25-16-8-7-9-17(26)21(16)20(19)14-11-15(24)22(27)18(12-14)29-3/h11-12,20,25,27H,4-10H2,1-3H3/t20-/m0/s1. The highest BCUT2D eigenvalue weighted by Crippen LogP contribution is 2.46. The maximum atomic E-state index is 13.1. The number of unbranched alkanes of at least 4 members (excludes halogenated alkanes) is 2. The molecular weight excluding hydrogens is 450 g/mol. The van der Waals surface area contributed by atoms with Gasteiger partial charge in [-0.2, -0.15) is 0 Å². The third-order valence-corrected chi connectivity index (χ3v) is 6.19. The number of dihydropyridines is 1. The summed E-state index contributed by atoms with van der Waals surface area (Å²) in [6, 6.07) is 3.41. The lowest BCUT2D eigenvalue weighted by Crippen LogP contribution is -2.34. The molecule has 0 aromatic heterocycles. The molecule has 0 spiro atoms. The van der Waals surface area contributed by atoms with Crippen LogP contribution in [0.5, 0.6) is 11.5 Å². The summed E-state index contributed by atoms with van der Waals surface area (Å²) in [6.07, 6.45) is 4.82. The van der Waals surface area contributed by atoms with E-state index in [1.54, 1.807) is 12.1 Å². The average molecular weight is 478 g/mol. The number of aromatic hydroxyl groups is 1. The molecule has 0 bridgehead atoms. The Morgan fingerprint density at radius 2 is 2.07 bits per heavy atom. The predicted molar refractivity (Wildman–Crippen MR) is 117 cm³/mol. The summed E-state index contributed by atoms with van der Waals surface area (Å²) in [4.78, 5) is 26.0. The molecule has 162 valence electrons. The van der Waals surface area contributed by atoms with E-state index in [1.807, 2.05) is 6.92 Å². The highest BCUT2D eigenvalue weighted by atomic mass is 79.9. The van der Waals surface area contributed by atoms with Crippen LogP contribution in [0.25, 0.3) is 0 Å². The maximum Gasteiger partial charge on any atom is 0.336 e. The lowest BCUT2D eigenvalue weighted by Gasteiger charge is -2.34. The molecular formula is C23H28BrNO5. The average Bonchev–Trinajstić information content (AvgIpc) is 2.72. The molecule has 7 heteroatoms. The van der Waals surface area contributed by atoms with Crippen molar-refractivity contribution in [3.8, 4) is 11.5 Å². The lowest BCUT2D eigenvalue weighted by atomic mass is 9.75. The van der Waals surface area contributed by atoms with Crippen LogP contribution in [0.1, 0.15) is 63.9 Å². The van der Waals surface area contributed by atoms with Crippen LogP contribution >= 0.6 is 15.9 Å². The highest BCUT2D eigenvalue weighted by molar-refractivity contribution is 9.10. The number of benzene rings is 1. The summed E-state index contributed by atoms with van der Waals surface area (Å²) in [5.74, 6) is -0.714. The number of esters is 1. The van der Waals surface area contributed by atoms with Gasteiger partial charge in [0.1, 0.15) is 0 Å². The van der Waals surface area contributed by atoms with E-state index in [1.165, 1.54) is 7.11 Å². The van der Waals surface area contributed by atoms with Crippen LogP contribution in [0.2, 0.25) is 0 Å². The number of Topliss-reactive ketones (excluding diaryl/α,β-unsaturated/α-hetero) is 1. The molecule has 2 N–H and O–H groups in total. The molecule has 1 aromatic carbocycles. The first kappa shape index (κ1) is 22.4. The Morgan fingerprint density at radius 3 is 2.77 bits per heavy atom. The number of ether oxygens (including phenoxy) is 2. The van der Waals surface area contributed by atoms with Gasteiger partial charge in [-0.05, 0) is 59.8 Å². The number of rotatable bonds is 7. The second-order valence-corrected chi connectivity index (χ2v) is 8.52. The molecule has 0 amide bonds. The fourth-order valence-electron chi connectivity index (χ4n) is 4.10. The Labute approximate surface area is 185 Å². The maximum absolute atomic E-state index is 13.1. The quantitative estimate of drug-likeness (QED) is 0.430. The van der Waals surface area contributed by atoms with E-state index in [-0.39, 0.29) is 17.3 Å². The van der Waals surface area contributed by atoms with Gasteiger partial charge in [0.15, 0.2) is 17.3 Å². The van der Waals surface area contributed by atoms with Crippen molar-refractivity contribution in [3.63, 3.8) is 0 Å². The van der Waals surface area contributed by atoms with Gasteiger partial charge >= 0.3 is 5.97 Å². The molecule has 1 heterocycles. The van der Waals surface area contributed by atoms with E-state index in [9.17, 15) is 14.7 Å². The van der Waals surface area contributed by atoms with Gasteiger partial charge in [-0.25, -0.2) is 4.79 Å². The minimum absolute atomic E-state index is 0.0243. The fraction of sp³-hybridized carbons (Fsp3) is 0.478. The van der Waals surface area contributed by atoms with Crippen molar-refractivity contribution in [2.24, 2.45) is 0 Å². The van der Waals surface area contributed by atoms with Gasteiger partial charge in [-0.3, -0.25) is 4.79 Å². The molecule has 0 saturated heterocycles. The largest absolute Gasteiger partial charge is 0.503 e. The summed E-state index contributed by atoms with van der Waals surface area (Å²) < 4.78 is 11.3. The number of hydrogen-bond acceptors (Lipinski definition) is 6. The summed E-state index contributed by atoms with van der Waals surface area (Å²) in [5, 5.41) is 13.5. The topological polar surface area (TPSA) is 84.9 Å². The Bertz CT molecular complexity index is 918. The van der Waals surface area contributed by atoms with Crippen molar-refractivity contribution >= 4 is 27.7 Å². The van der Waals surface area contributed by atoms with Gasteiger partial charge in [0.05, 0.1) is 23.8 Å². The summed E-state index contributed by atoms with van der Waals surface area (Å²) >= 11 is 3.36. The van der Waals surface area contributed by atoms with E-state index in [0.717, 1.165) is 37.8 Å². The van der Waals surface area contributed by atoms with E-state index in [0.29, 0.717) is 39.9 Å². The molecule has 1 atom stereocenters. The number of phenolic OH excluding ortho intramolecular Hbond substituents is 1. The highest BCUT2D eigenvalue weighted by Gasteiger charge is 2.39. The van der Waals surface area contributed by atoms with E-state index in [2.05, 4.69) is 28.2 Å². The van der Waals surface area contributed by atoms with Crippen LogP contribution in [-0.2, 0) is 14.3 Å². The number of ketones is 1. The van der Waals surface area contributed by atoms with Crippen molar-refractivity contribution in [3.05, 3.63) is 44.7 Å². The second kappa shape index (κ2) is 9.69. The summed E-state index contributed by atoms with van der Waals surface area (Å²) in [7, 11) is 1.47. The third-order valence-electron chi connectivity index (χ3n) is 5.58. The van der Waals surface area contributed by atoms with Crippen molar-refractivity contribution in [2.75, 3.05) is 13.7 Å². The number of nitrogens with one attached hydrogen (secondary N) is 1. The number of hydrogen-bond donors (Lipinski definition) is 2. The fourth-order valence-corrected chi connectivity index (χ4v) is 4.56. The third kappa shape index (κ3) is 4.41. The van der Waals surface area contributed by atoms with Crippen LogP contribution < -0.4 is 10.1 Å². The van der Waals surface area contributed by atoms with Gasteiger partial charge in [0, 0.05) is 29.3 Å². The number of carbonyl (C=O) groups is 2. The zero-order valence-electron chi connectivity index (χ0n) is 17.6. The van der Waals surface area contributed by atoms with Crippen LogP contribution in [0.15, 0.2) is 39.1 Å². The summed E-state index contributed by atoms with van der Waals surface area (Å²) in [6.45, 7) is 4.28. The van der Waals surface area contributed by atoms with Gasteiger partial charge in [0.2, 0.25) is 0 Å². The van der Waals surface area contributed by atoms with Gasteiger partial charge in [-0.15, -0.1) is 0 Å². The number of phenols is 1. The molecule has 0 fully saturated rings. The first-order chi connectivity index (χ1) is 14.4. The van der Waals surface area contributed by atoms with Crippen LogP contribution in [0.3, 0.4) is 0 Å². The Kier molecular flexibility index (Phi) is 7.23. The molecule has 0 radical (unpaired) electrons. The predicted octanol–water partition coefficient (Wildman–Crippen LogP) is 4.86. The molecule has 3 rings (SSSR count). The Morgan fingerprint density at radius 1 is 1.30 bits per heavy atom. The number of allylic oxidation sites excluding steroid dienone is 3. The van der Waals surface area contributed by atoms with Gasteiger partial charge < -0.3 is 19.9 Å². The normalized spacial score (nSPS) is 18.8. The van der Waals surface area contributed by atoms with Crippen molar-refractivity contribution in [1.29, 1.82) is 0 Å². The molecule has 0 unspecified atom stereocenters. The molecule has 0 saturated carbocycles. The number of carbonyl (C=O) groups excluding carboxylic acids is 2. The second-order valence-electron chi connectivity index (χ2n) is 7.66. The lowest BCUT2D eigenvalue weighted by molar-refractivity contribution is -0.139. The Hall–Kier alpha value is -2.28. The van der Waals surface area contributed by atoms with E-state index in [4.69, 9.17) is 9.47 Å². The van der Waals surface area contributed by atoms with Gasteiger partial charge in [0.25, 0.3) is 0 Å². The molecule has 1 aromatic rings. The molecule has 6 nitrogen and oxygen atoms in total. The first-order valence-corrected chi connectivity index (χ1v) is 11.2. The van der Waals surface area contributed by atoms with Crippen molar-refractivity contribution in [2.45, 2.75) is 58.3 Å². The van der Waals surface area contributed by atoms with Crippen molar-refractivity contribution < 1.29 is 24.2 Å². The summed E-state index contributed by atoms with van der Waals surface area (Å²) in [5.41, 5.74) is 3.28.